The molecule has 0 aromatic heterocycles. The van der Waals surface area contributed by atoms with Crippen LogP contribution in [0.5, 0.6) is 0 Å². The topological polar surface area (TPSA) is 103 Å². The van der Waals surface area contributed by atoms with Crippen molar-refractivity contribution < 1.29 is 13.3 Å². The number of sulfonamides is 1. The fraction of sp³-hybridized carbons (Fsp3) is 0. The highest BCUT2D eigenvalue weighted by atomic mass is 32.2. The molecule has 0 saturated carbocycles. The molecule has 0 aliphatic heterocycles. The Bertz CT molecular complexity index is 440. The summed E-state index contributed by atoms with van der Waals surface area (Å²) in [6.45, 7) is 0. The van der Waals surface area contributed by atoms with Gasteiger partial charge in [-0.15, -0.1) is 0 Å². The van der Waals surface area contributed by atoms with Crippen LogP contribution in [-0.4, -0.2) is 13.3 Å². The first-order valence-corrected chi connectivity index (χ1v) is 4.74. The molecule has 1 rings (SSSR count). The Balaban J connectivity index is 3.46. The van der Waals surface area contributed by atoms with Gasteiger partial charge in [-0.2, -0.15) is 0 Å². The van der Waals surface area contributed by atoms with Gasteiger partial charge in [0.15, 0.2) is 4.90 Å². The smallest absolute Gasteiger partial charge is 0.258 e. The van der Waals surface area contributed by atoms with Crippen LogP contribution in [0, 0.1) is 10.1 Å². The number of nitrogens with zero attached hydrogens (tertiary/aromatic N) is 1. The second kappa shape index (κ2) is 3.11. The van der Waals surface area contributed by atoms with E-state index in [2.05, 4.69) is 0 Å². The van der Waals surface area contributed by atoms with Gasteiger partial charge in [-0.25, -0.2) is 13.6 Å². The van der Waals surface area contributed by atoms with E-state index < -0.39 is 25.5 Å². The molecular formula is C6H6N2O4S. The van der Waals surface area contributed by atoms with Gasteiger partial charge < -0.3 is 0 Å². The average Bonchev–Trinajstić information content (AvgIpc) is 2.03. The molecule has 0 radical (unpaired) electrons. The van der Waals surface area contributed by atoms with Crippen LogP contribution in [0.1, 0.15) is 0 Å². The minimum absolute atomic E-state index is 0.472. The number of para-hydroxylation sites is 1. The van der Waals surface area contributed by atoms with Gasteiger partial charge in [-0.05, 0) is 6.07 Å². The van der Waals surface area contributed by atoms with Crippen LogP contribution in [0.4, 0.5) is 5.69 Å². The van der Waals surface area contributed by atoms with E-state index in [1.807, 2.05) is 0 Å². The normalized spacial score (nSPS) is 11.2. The second-order valence-electron chi connectivity index (χ2n) is 2.27. The van der Waals surface area contributed by atoms with Gasteiger partial charge in [0, 0.05) is 6.07 Å². The van der Waals surface area contributed by atoms with Crippen LogP contribution in [0.2, 0.25) is 0 Å². The molecule has 13 heavy (non-hydrogen) atoms. The number of nitrogens with two attached hydrogens (primary N) is 1. The molecule has 1 aromatic rings. The van der Waals surface area contributed by atoms with E-state index in [0.29, 0.717) is 0 Å². The quantitative estimate of drug-likeness (QED) is 0.422. The third-order valence-electron chi connectivity index (χ3n) is 1.37. The standard InChI is InChI=1S/C6H6N2O4S/c7-13(11,12)6-4-2-1-3-5(6)8(9)10/h1-4H,(H2,7,11,12)/i7+1. The molecular weight excluding hydrogens is 197 g/mol. The Morgan fingerprint density at radius 1 is 1.31 bits per heavy atom. The SMILES string of the molecule is [15NH2]S(=O)(=O)c1ccccc1[N+](=O)[O-]. The maximum absolute atomic E-state index is 10.8. The summed E-state index contributed by atoms with van der Waals surface area (Å²) >= 11 is 0. The molecule has 6 nitrogen and oxygen atoms in total. The van der Waals surface area contributed by atoms with Crippen molar-refractivity contribution in [2.75, 3.05) is 0 Å². The third kappa shape index (κ3) is 2.01. The molecule has 2 N–H and O–H groups in total. The van der Waals surface area contributed by atoms with Crippen LogP contribution in [-0.2, 0) is 10.0 Å². The molecule has 0 amide bonds. The summed E-state index contributed by atoms with van der Waals surface area (Å²) in [5.74, 6) is 0. The lowest BCUT2D eigenvalue weighted by Gasteiger charge is -1.98. The molecule has 1 aromatic carbocycles. The predicted molar refractivity (Wildman–Crippen MR) is 44.5 cm³/mol. The molecule has 0 aliphatic rings. The predicted octanol–water partition coefficient (Wildman–Crippen LogP) is 0.242. The van der Waals surface area contributed by atoms with Crippen LogP contribution < -0.4 is 5.14 Å². The van der Waals surface area contributed by atoms with Crippen LogP contribution in [0.15, 0.2) is 29.2 Å². The number of rotatable bonds is 2. The van der Waals surface area contributed by atoms with Crippen molar-refractivity contribution >= 4 is 15.7 Å². The van der Waals surface area contributed by atoms with E-state index in [4.69, 9.17) is 5.14 Å². The Morgan fingerprint density at radius 2 is 1.85 bits per heavy atom. The van der Waals surface area contributed by atoms with Gasteiger partial charge in [-0.3, -0.25) is 10.1 Å². The monoisotopic (exact) mass is 203 g/mol. The van der Waals surface area contributed by atoms with E-state index in [-0.39, 0.29) is 0 Å². The number of primary sulfonamides is 1. The highest BCUT2D eigenvalue weighted by molar-refractivity contribution is 7.89. The van der Waals surface area contributed by atoms with Crippen molar-refractivity contribution in [3.05, 3.63) is 34.4 Å². The van der Waals surface area contributed by atoms with E-state index in [1.165, 1.54) is 12.1 Å². The number of hydrogen-bond acceptors (Lipinski definition) is 4. The third-order valence-corrected chi connectivity index (χ3v) is 2.33. The van der Waals surface area contributed by atoms with Gasteiger partial charge in [0.25, 0.3) is 5.69 Å². The van der Waals surface area contributed by atoms with Crippen molar-refractivity contribution in [1.29, 1.82) is 0 Å². The second-order valence-corrected chi connectivity index (χ2v) is 3.80. The summed E-state index contributed by atoms with van der Waals surface area (Å²) in [6, 6.07) is 4.91. The first-order valence-electron chi connectivity index (χ1n) is 3.19. The molecule has 0 heterocycles. The van der Waals surface area contributed by atoms with Gasteiger partial charge in [-0.1, -0.05) is 12.1 Å². The summed E-state index contributed by atoms with van der Waals surface area (Å²) in [7, 11) is -4.02. The molecule has 0 fully saturated rings. The zero-order chi connectivity index (χ0) is 10.1. The van der Waals surface area contributed by atoms with Crippen LogP contribution >= 0.6 is 0 Å². The summed E-state index contributed by atoms with van der Waals surface area (Å²) in [4.78, 5) is 9.09. The molecule has 0 saturated heterocycles. The largest absolute Gasteiger partial charge is 0.289 e. The molecule has 0 atom stereocenters. The molecule has 70 valence electrons. The highest BCUT2D eigenvalue weighted by Crippen LogP contribution is 2.20. The Hall–Kier alpha value is -1.47. The fourth-order valence-electron chi connectivity index (χ4n) is 0.849. The summed E-state index contributed by atoms with van der Waals surface area (Å²) < 4.78 is 21.7. The molecule has 0 unspecified atom stereocenters. The fourth-order valence-corrected chi connectivity index (χ4v) is 1.55. The van der Waals surface area contributed by atoms with E-state index in [9.17, 15) is 18.5 Å². The maximum Gasteiger partial charge on any atom is 0.289 e. The van der Waals surface area contributed by atoms with Gasteiger partial charge in [0.05, 0.1) is 4.92 Å². The zero-order valence-electron chi connectivity index (χ0n) is 6.38. The van der Waals surface area contributed by atoms with Gasteiger partial charge >= 0.3 is 0 Å². The van der Waals surface area contributed by atoms with Crippen molar-refractivity contribution in [3.8, 4) is 0 Å². The number of nitro groups is 1. The maximum atomic E-state index is 10.8. The lowest BCUT2D eigenvalue weighted by atomic mass is 10.3. The van der Waals surface area contributed by atoms with Crippen molar-refractivity contribution in [3.63, 3.8) is 0 Å². The van der Waals surface area contributed by atoms with E-state index in [1.54, 1.807) is 0 Å². The van der Waals surface area contributed by atoms with Gasteiger partial charge in [0.1, 0.15) is 0 Å². The first-order chi connectivity index (χ1) is 5.93. The highest BCUT2D eigenvalue weighted by Gasteiger charge is 2.20. The van der Waals surface area contributed by atoms with E-state index in [0.717, 1.165) is 12.1 Å². The van der Waals surface area contributed by atoms with Crippen LogP contribution in [0.3, 0.4) is 0 Å². The average molecular weight is 203 g/mol. The van der Waals surface area contributed by atoms with Crippen LogP contribution in [0.25, 0.3) is 0 Å². The first kappa shape index (κ1) is 9.62. The lowest BCUT2D eigenvalue weighted by molar-refractivity contribution is -0.387. The zero-order valence-corrected chi connectivity index (χ0v) is 7.19. The minimum atomic E-state index is -4.02. The Kier molecular flexibility index (Phi) is 2.30. The van der Waals surface area contributed by atoms with E-state index >= 15 is 0 Å². The van der Waals surface area contributed by atoms with Gasteiger partial charge in [0.2, 0.25) is 10.0 Å². The lowest BCUT2D eigenvalue weighted by Crippen LogP contribution is -2.13. The number of nitro benzene ring substituents is 1. The summed E-state index contributed by atoms with van der Waals surface area (Å²) in [6.07, 6.45) is 0. The van der Waals surface area contributed by atoms with Crippen molar-refractivity contribution in [2.45, 2.75) is 4.90 Å². The summed E-state index contributed by atoms with van der Waals surface area (Å²) in [5, 5.41) is 15.1. The minimum Gasteiger partial charge on any atom is -0.258 e. The summed E-state index contributed by atoms with van der Waals surface area (Å²) in [5.41, 5.74) is -0.509. The van der Waals surface area contributed by atoms with Crippen molar-refractivity contribution in [2.24, 2.45) is 5.14 Å². The van der Waals surface area contributed by atoms with Crippen molar-refractivity contribution in [1.82, 2.24) is 0 Å². The Morgan fingerprint density at radius 3 is 2.23 bits per heavy atom. The molecule has 7 heteroatoms. The Labute approximate surface area is 74.2 Å². The number of hydrogen-bond donors (Lipinski definition) is 1. The molecule has 0 bridgehead atoms. The molecule has 0 aliphatic carbocycles. The molecule has 0 spiro atoms. The number of benzene rings is 1.